The molecule has 1 fully saturated rings. The van der Waals surface area contributed by atoms with Gasteiger partial charge in [0.1, 0.15) is 5.69 Å². The average molecular weight is 917 g/mol. The van der Waals surface area contributed by atoms with E-state index >= 15 is 0 Å². The van der Waals surface area contributed by atoms with Crippen LogP contribution in [0.1, 0.15) is 44.1 Å². The van der Waals surface area contributed by atoms with Crippen molar-refractivity contribution in [3.05, 3.63) is 141 Å². The summed E-state index contributed by atoms with van der Waals surface area (Å²) in [6.45, 7) is 5.55. The van der Waals surface area contributed by atoms with Crippen LogP contribution in [0.15, 0.2) is 130 Å². The summed E-state index contributed by atoms with van der Waals surface area (Å²) < 4.78 is 29.1. The summed E-state index contributed by atoms with van der Waals surface area (Å²) in [4.78, 5) is 43.9. The first-order valence-electron chi connectivity index (χ1n) is 21.0. The lowest BCUT2D eigenvalue weighted by Gasteiger charge is -2.38. The molecule has 4 N–H and O–H groups in total. The van der Waals surface area contributed by atoms with Gasteiger partial charge >= 0.3 is 0 Å². The first kappa shape index (κ1) is 47.3. The fourth-order valence-corrected chi connectivity index (χ4v) is 9.75. The topological polar surface area (TPSA) is 177 Å². The monoisotopic (exact) mass is 915 g/mol. The summed E-state index contributed by atoms with van der Waals surface area (Å²) in [6, 6.07) is 29.5. The van der Waals surface area contributed by atoms with Gasteiger partial charge in [0.15, 0.2) is 0 Å². The number of anilines is 1. The minimum Gasteiger partial charge on any atom is -0.376 e. The number of sulfonamides is 1. The van der Waals surface area contributed by atoms with Crippen LogP contribution in [0.5, 0.6) is 0 Å². The van der Waals surface area contributed by atoms with Gasteiger partial charge in [-0.2, -0.15) is 0 Å². The number of unbranched alkanes of at least 4 members (excludes halogenated alkanes) is 1. The van der Waals surface area contributed by atoms with Crippen LogP contribution < -0.4 is 15.5 Å². The fourth-order valence-electron chi connectivity index (χ4n) is 7.62. The summed E-state index contributed by atoms with van der Waals surface area (Å²) in [7, 11) is -2.49. The van der Waals surface area contributed by atoms with E-state index in [1.54, 1.807) is 23.3 Å². The molecule has 63 heavy (non-hydrogen) atoms. The van der Waals surface area contributed by atoms with Crippen molar-refractivity contribution in [3.8, 4) is 11.1 Å². The lowest BCUT2D eigenvalue weighted by Crippen LogP contribution is -2.45. The molecule has 4 aromatic carbocycles. The van der Waals surface area contributed by atoms with Crippen LogP contribution in [0.3, 0.4) is 0 Å². The van der Waals surface area contributed by atoms with Gasteiger partial charge in [-0.05, 0) is 111 Å². The minimum absolute atomic E-state index is 0.165. The predicted octanol–water partition coefficient (Wildman–Crippen LogP) is 7.71. The van der Waals surface area contributed by atoms with E-state index in [2.05, 4.69) is 42.9 Å². The van der Waals surface area contributed by atoms with Gasteiger partial charge in [-0.15, -0.1) is 11.8 Å². The molecule has 0 bridgehead atoms. The van der Waals surface area contributed by atoms with E-state index < -0.39 is 32.4 Å². The molecule has 6 rings (SSSR count). The molecule has 1 atom stereocenters. The van der Waals surface area contributed by atoms with Crippen LogP contribution in [0.25, 0.3) is 11.1 Å². The number of rotatable bonds is 21. The number of nitrogens with zero attached hydrogens (tertiary/aromatic N) is 4. The minimum atomic E-state index is -4.45. The van der Waals surface area contributed by atoms with Crippen molar-refractivity contribution < 1.29 is 28.1 Å². The molecule has 2 aliphatic rings. The van der Waals surface area contributed by atoms with E-state index in [9.17, 15) is 28.1 Å². The normalized spacial score (nSPS) is 15.0. The van der Waals surface area contributed by atoms with Crippen molar-refractivity contribution in [2.75, 3.05) is 57.4 Å². The molecule has 0 saturated carbocycles. The number of thioether (sulfide) groups is 1. The highest BCUT2D eigenvalue weighted by atomic mass is 35.5. The molecule has 1 heterocycles. The van der Waals surface area contributed by atoms with E-state index in [0.717, 1.165) is 61.4 Å². The van der Waals surface area contributed by atoms with E-state index in [4.69, 9.17) is 16.8 Å². The van der Waals surface area contributed by atoms with Gasteiger partial charge in [0.05, 0.1) is 9.82 Å². The Hall–Kier alpha value is -5.23. The number of hydrogen-bond donors (Lipinski definition) is 4. The van der Waals surface area contributed by atoms with E-state index in [1.807, 2.05) is 73.8 Å². The maximum atomic E-state index is 13.5. The Morgan fingerprint density at radius 1 is 0.921 bits per heavy atom. The molecular formula is C46H54ClN7O7S2. The maximum absolute atomic E-state index is 13.5. The number of nitrogens with one attached hydrogen (secondary N) is 3. The summed E-state index contributed by atoms with van der Waals surface area (Å²) in [5.41, 5.74) is 6.34. The third-order valence-corrected chi connectivity index (χ3v) is 14.0. The fraction of sp³-hybridized carbons (Fsp3) is 0.348. The molecule has 0 unspecified atom stereocenters. The molecule has 1 aliphatic carbocycles. The zero-order chi connectivity index (χ0) is 44.8. The van der Waals surface area contributed by atoms with Gasteiger partial charge in [0, 0.05) is 78.2 Å². The van der Waals surface area contributed by atoms with Crippen molar-refractivity contribution in [3.63, 3.8) is 0 Å². The standard InChI is InChI=1S/C46H54ClN7O7S2/c1-51(25-8-7-13-45(55)49-57)26-24-38(33-62-40-10-3-2-4-11-40)48-43-23-22-41(31-44(43)54(58)59)63(60,61)50-46(56)35-16-20-39(21-17-35)53-29-27-52(28-30-53)32-36-9-5-6-12-42(36)34-14-18-37(47)19-15-34/h2-6,9-12,14-16,18-20,22-23,31,38,48,57H,7-8,13,17,21,24-30,32-33H2,1H3,(H,49,55)(H,50,56)/t38-/m1/s1. The Morgan fingerprint density at radius 2 is 1.65 bits per heavy atom. The van der Waals surface area contributed by atoms with Crippen LogP contribution in [0.2, 0.25) is 5.02 Å². The molecule has 1 aliphatic heterocycles. The lowest BCUT2D eigenvalue weighted by molar-refractivity contribution is -0.384. The number of hydrogen-bond acceptors (Lipinski definition) is 12. The highest BCUT2D eigenvalue weighted by Crippen LogP contribution is 2.31. The highest BCUT2D eigenvalue weighted by molar-refractivity contribution is 7.99. The van der Waals surface area contributed by atoms with Gasteiger partial charge < -0.3 is 15.1 Å². The van der Waals surface area contributed by atoms with E-state index in [-0.39, 0.29) is 23.0 Å². The second kappa shape index (κ2) is 22.9. The quantitative estimate of drug-likeness (QED) is 0.0211. The Kier molecular flexibility index (Phi) is 17.2. The van der Waals surface area contributed by atoms with Crippen molar-refractivity contribution in [2.24, 2.45) is 0 Å². The lowest BCUT2D eigenvalue weighted by atomic mass is 9.99. The molecule has 17 heteroatoms. The van der Waals surface area contributed by atoms with Crippen molar-refractivity contribution in [1.29, 1.82) is 0 Å². The Labute approximate surface area is 378 Å². The molecule has 0 aromatic heterocycles. The molecule has 0 radical (unpaired) electrons. The largest absolute Gasteiger partial charge is 0.376 e. The van der Waals surface area contributed by atoms with Gasteiger partial charge in [-0.25, -0.2) is 18.6 Å². The molecule has 4 aromatic rings. The SMILES string of the molecule is CN(CCCCC(=O)NO)CC[C@H](CSc1ccccc1)Nc1ccc(S(=O)(=O)NC(=O)C2=CC=C(N3CCN(Cc4ccccc4-c4ccc(Cl)cc4)CC3)CC2)cc1[N+](=O)[O-]. The van der Waals surface area contributed by atoms with Crippen LogP contribution in [-0.4, -0.2) is 103 Å². The molecule has 2 amide bonds. The number of hydroxylamine groups is 1. The highest BCUT2D eigenvalue weighted by Gasteiger charge is 2.27. The number of amides is 2. The summed E-state index contributed by atoms with van der Waals surface area (Å²) in [6.07, 6.45) is 6.67. The number of piperazine rings is 1. The molecule has 334 valence electrons. The second-order valence-electron chi connectivity index (χ2n) is 15.7. The third-order valence-electron chi connectivity index (χ3n) is 11.2. The third kappa shape index (κ3) is 13.9. The number of benzene rings is 4. The Morgan fingerprint density at radius 3 is 2.35 bits per heavy atom. The second-order valence-corrected chi connectivity index (χ2v) is 18.9. The summed E-state index contributed by atoms with van der Waals surface area (Å²) in [5, 5.41) is 25.1. The van der Waals surface area contributed by atoms with Crippen LogP contribution in [0, 0.1) is 10.1 Å². The molecule has 0 spiro atoms. The number of carbonyl (C=O) groups excluding carboxylic acids is 2. The first-order chi connectivity index (χ1) is 30.4. The number of nitro benzene ring substituents is 1. The van der Waals surface area contributed by atoms with Crippen LogP contribution in [-0.2, 0) is 26.2 Å². The Balaban J connectivity index is 1.04. The summed E-state index contributed by atoms with van der Waals surface area (Å²) in [5.74, 6) is -0.621. The maximum Gasteiger partial charge on any atom is 0.293 e. The van der Waals surface area contributed by atoms with Gasteiger partial charge in [-0.3, -0.25) is 29.8 Å². The average Bonchev–Trinajstić information content (AvgIpc) is 3.29. The van der Waals surface area contributed by atoms with Gasteiger partial charge in [-0.1, -0.05) is 72.3 Å². The van der Waals surface area contributed by atoms with Crippen LogP contribution >= 0.6 is 23.4 Å². The van der Waals surface area contributed by atoms with Crippen molar-refractivity contribution >= 4 is 56.6 Å². The smallest absolute Gasteiger partial charge is 0.293 e. The summed E-state index contributed by atoms with van der Waals surface area (Å²) >= 11 is 7.72. The zero-order valence-corrected chi connectivity index (χ0v) is 37.6. The van der Waals surface area contributed by atoms with Crippen molar-refractivity contribution in [2.45, 2.75) is 60.9 Å². The number of halogens is 1. The predicted molar refractivity (Wildman–Crippen MR) is 248 cm³/mol. The van der Waals surface area contributed by atoms with Crippen LogP contribution in [0.4, 0.5) is 11.4 Å². The molecule has 1 saturated heterocycles. The van der Waals surface area contributed by atoms with E-state index in [1.165, 1.54) is 23.3 Å². The Bertz CT molecular complexity index is 2380. The number of allylic oxidation sites excluding steroid dienone is 3. The zero-order valence-electron chi connectivity index (χ0n) is 35.2. The number of carbonyl (C=O) groups is 2. The van der Waals surface area contributed by atoms with E-state index in [0.29, 0.717) is 55.1 Å². The van der Waals surface area contributed by atoms with Gasteiger partial charge in [0.2, 0.25) is 5.91 Å². The number of nitro groups is 1. The van der Waals surface area contributed by atoms with Gasteiger partial charge in [0.25, 0.3) is 21.6 Å². The molecule has 14 nitrogen and oxygen atoms in total. The molecular weight excluding hydrogens is 862 g/mol. The first-order valence-corrected chi connectivity index (χ1v) is 23.9. The van der Waals surface area contributed by atoms with Crippen molar-refractivity contribution in [1.82, 2.24) is 24.9 Å².